The molecule has 1 saturated carbocycles. The molecule has 0 radical (unpaired) electrons. The van der Waals surface area contributed by atoms with Crippen molar-refractivity contribution in [2.75, 3.05) is 38.1 Å². The summed E-state index contributed by atoms with van der Waals surface area (Å²) >= 11 is 0. The van der Waals surface area contributed by atoms with Gasteiger partial charge in [0.15, 0.2) is 0 Å². The summed E-state index contributed by atoms with van der Waals surface area (Å²) in [5.74, 6) is -0.182. The number of ether oxygens (including phenoxy) is 2. The van der Waals surface area contributed by atoms with Crippen LogP contribution in [0.3, 0.4) is 0 Å². The Balaban J connectivity index is 1.35. The first-order valence-electron chi connectivity index (χ1n) is 15.5. The number of benzene rings is 4. The standard InChI is InChI=1S/C36H39N5O7S/c1-40(27-15-19-29(47-3)20-16-27)33(42)32(23-25-11-7-5-8-12-25)38-49(45,46)39-35(44)37-36(24-31(36)26-13-9-6-10-14-26)34(43)41(2)28-17-21-30(48-4)22-18-28/h5-22,31-32,38H,23-24H2,1-4H3,(H2,37,39,44)/t31?,32-,36-/m0/s1. The second kappa shape index (κ2) is 14.8. The Morgan fingerprint density at radius 3 is 1.82 bits per heavy atom. The van der Waals surface area contributed by atoms with Crippen LogP contribution in [0.15, 0.2) is 109 Å². The zero-order chi connectivity index (χ0) is 35.2. The maximum atomic E-state index is 14.0. The van der Waals surface area contributed by atoms with Crippen molar-refractivity contribution in [2.45, 2.75) is 30.3 Å². The molecular weight excluding hydrogens is 646 g/mol. The number of nitrogens with zero attached hydrogens (tertiary/aromatic N) is 2. The van der Waals surface area contributed by atoms with E-state index in [2.05, 4.69) is 10.0 Å². The first kappa shape index (κ1) is 34.9. The molecule has 0 heterocycles. The molecule has 1 unspecified atom stereocenters. The van der Waals surface area contributed by atoms with Gasteiger partial charge in [-0.2, -0.15) is 13.1 Å². The van der Waals surface area contributed by atoms with E-state index in [0.717, 1.165) is 5.56 Å². The van der Waals surface area contributed by atoms with E-state index in [1.165, 1.54) is 31.1 Å². The van der Waals surface area contributed by atoms with Gasteiger partial charge in [-0.05, 0) is 72.5 Å². The number of amides is 4. The van der Waals surface area contributed by atoms with Crippen molar-refractivity contribution in [2.24, 2.45) is 0 Å². The number of carbonyl (C=O) groups is 3. The topological polar surface area (TPSA) is 146 Å². The highest BCUT2D eigenvalue weighted by Crippen LogP contribution is 2.52. The van der Waals surface area contributed by atoms with E-state index in [1.54, 1.807) is 79.8 Å². The van der Waals surface area contributed by atoms with Crippen LogP contribution in [0.1, 0.15) is 23.5 Å². The zero-order valence-electron chi connectivity index (χ0n) is 27.6. The average molecular weight is 686 g/mol. The number of rotatable bonds is 13. The van der Waals surface area contributed by atoms with Gasteiger partial charge in [0.25, 0.3) is 5.91 Å². The highest BCUT2D eigenvalue weighted by Gasteiger charge is 2.63. The minimum Gasteiger partial charge on any atom is -0.497 e. The van der Waals surface area contributed by atoms with Crippen molar-refractivity contribution >= 4 is 39.4 Å². The van der Waals surface area contributed by atoms with Crippen molar-refractivity contribution in [3.8, 4) is 11.5 Å². The predicted octanol–water partition coefficient (Wildman–Crippen LogP) is 4.00. The van der Waals surface area contributed by atoms with E-state index >= 15 is 0 Å². The summed E-state index contributed by atoms with van der Waals surface area (Å²) in [6.07, 6.45) is 0.257. The van der Waals surface area contributed by atoms with Crippen LogP contribution in [0.5, 0.6) is 11.5 Å². The largest absolute Gasteiger partial charge is 0.497 e. The smallest absolute Gasteiger partial charge is 0.330 e. The molecule has 5 rings (SSSR count). The first-order chi connectivity index (χ1) is 23.5. The summed E-state index contributed by atoms with van der Waals surface area (Å²) in [5, 5.41) is 2.66. The molecule has 1 fully saturated rings. The molecule has 13 heteroatoms. The number of nitrogens with one attached hydrogen (secondary N) is 3. The molecule has 12 nitrogen and oxygen atoms in total. The molecular formula is C36H39N5O7S. The average Bonchev–Trinajstić information content (AvgIpc) is 3.85. The Hall–Kier alpha value is -5.40. The molecule has 1 aliphatic carbocycles. The normalized spacial score (nSPS) is 17.3. The Kier molecular flexibility index (Phi) is 10.5. The lowest BCUT2D eigenvalue weighted by Crippen LogP contribution is -2.58. The third kappa shape index (κ3) is 8.19. The fourth-order valence-corrected chi connectivity index (χ4v) is 6.68. The third-order valence-corrected chi connectivity index (χ3v) is 9.59. The van der Waals surface area contributed by atoms with E-state index in [4.69, 9.17) is 9.47 Å². The molecule has 4 amide bonds. The molecule has 49 heavy (non-hydrogen) atoms. The van der Waals surface area contributed by atoms with E-state index in [9.17, 15) is 22.8 Å². The lowest BCUT2D eigenvalue weighted by Gasteiger charge is -2.27. The van der Waals surface area contributed by atoms with E-state index in [-0.39, 0.29) is 12.8 Å². The van der Waals surface area contributed by atoms with E-state index < -0.39 is 45.6 Å². The lowest BCUT2D eigenvalue weighted by molar-refractivity contribution is -0.121. The second-order valence-electron chi connectivity index (χ2n) is 11.7. The number of carbonyl (C=O) groups excluding carboxylic acids is 3. The monoisotopic (exact) mass is 685 g/mol. The first-order valence-corrected chi connectivity index (χ1v) is 17.0. The summed E-state index contributed by atoms with van der Waals surface area (Å²) in [5.41, 5.74) is 1.16. The van der Waals surface area contributed by atoms with Gasteiger partial charge in [0.2, 0.25) is 5.91 Å². The Bertz CT molecular complexity index is 1870. The molecule has 4 aromatic carbocycles. The van der Waals surface area contributed by atoms with Gasteiger partial charge >= 0.3 is 16.2 Å². The summed E-state index contributed by atoms with van der Waals surface area (Å²) < 4.78 is 41.7. The minimum atomic E-state index is -4.62. The van der Waals surface area contributed by atoms with Crippen LogP contribution in [0, 0.1) is 0 Å². The van der Waals surface area contributed by atoms with Gasteiger partial charge in [0.05, 0.1) is 14.2 Å². The number of hydrogen-bond acceptors (Lipinski definition) is 7. The number of likely N-dealkylation sites (N-methyl/N-ethyl adjacent to an activating group) is 2. The minimum absolute atomic E-state index is 0.00780. The van der Waals surface area contributed by atoms with E-state index in [1.807, 2.05) is 41.1 Å². The summed E-state index contributed by atoms with van der Waals surface area (Å²) in [7, 11) is 1.56. The Morgan fingerprint density at radius 2 is 1.29 bits per heavy atom. The third-order valence-electron chi connectivity index (χ3n) is 8.54. The fourth-order valence-electron chi connectivity index (χ4n) is 5.76. The second-order valence-corrected chi connectivity index (χ2v) is 13.2. The quantitative estimate of drug-likeness (QED) is 0.193. The maximum absolute atomic E-state index is 14.0. The predicted molar refractivity (Wildman–Crippen MR) is 187 cm³/mol. The van der Waals surface area contributed by atoms with Crippen LogP contribution in [0.2, 0.25) is 0 Å². The molecule has 3 N–H and O–H groups in total. The van der Waals surface area contributed by atoms with Crippen molar-refractivity contribution in [3.63, 3.8) is 0 Å². The van der Waals surface area contributed by atoms with Crippen molar-refractivity contribution < 1.29 is 32.3 Å². The number of anilines is 2. The van der Waals surface area contributed by atoms with Crippen LogP contribution in [-0.2, 0) is 26.2 Å². The summed E-state index contributed by atoms with van der Waals surface area (Å²) in [6, 6.07) is 29.3. The van der Waals surface area contributed by atoms with Gasteiger partial charge in [-0.3, -0.25) is 9.59 Å². The molecule has 1 aliphatic rings. The van der Waals surface area contributed by atoms with Gasteiger partial charge in [-0.1, -0.05) is 60.7 Å². The Labute approximate surface area is 286 Å². The molecule has 4 aromatic rings. The van der Waals surface area contributed by atoms with Crippen molar-refractivity contribution in [3.05, 3.63) is 120 Å². The molecule has 0 aromatic heterocycles. The summed E-state index contributed by atoms with van der Waals surface area (Å²) in [4.78, 5) is 43.9. The van der Waals surface area contributed by atoms with Crippen LogP contribution in [0.4, 0.5) is 16.2 Å². The maximum Gasteiger partial charge on any atom is 0.330 e. The van der Waals surface area contributed by atoms with Gasteiger partial charge in [0.1, 0.15) is 23.1 Å². The number of methoxy groups -OCH3 is 2. The Morgan fingerprint density at radius 1 is 0.776 bits per heavy atom. The molecule has 256 valence electrons. The van der Waals surface area contributed by atoms with Crippen molar-refractivity contribution in [1.29, 1.82) is 0 Å². The van der Waals surface area contributed by atoms with E-state index in [0.29, 0.717) is 28.4 Å². The van der Waals surface area contributed by atoms with Gasteiger partial charge in [0, 0.05) is 31.4 Å². The number of hydrogen-bond donors (Lipinski definition) is 3. The molecule has 0 spiro atoms. The number of urea groups is 1. The van der Waals surface area contributed by atoms with Crippen LogP contribution < -0.4 is 34.0 Å². The van der Waals surface area contributed by atoms with Gasteiger partial charge in [-0.15, -0.1) is 0 Å². The van der Waals surface area contributed by atoms with Crippen LogP contribution >= 0.6 is 0 Å². The SMILES string of the molecule is COc1ccc(N(C)C(=O)[C@H](Cc2ccccc2)NS(=O)(=O)NC(=O)N[C@@]2(C(=O)N(C)c3ccc(OC)cc3)CC2c2ccccc2)cc1. The molecule has 0 saturated heterocycles. The molecule has 0 aliphatic heterocycles. The summed E-state index contributed by atoms with van der Waals surface area (Å²) in [6.45, 7) is 0. The zero-order valence-corrected chi connectivity index (χ0v) is 28.4. The fraction of sp³-hybridized carbons (Fsp3) is 0.250. The van der Waals surface area contributed by atoms with Gasteiger partial charge in [-0.25, -0.2) is 9.52 Å². The van der Waals surface area contributed by atoms with Gasteiger partial charge < -0.3 is 24.6 Å². The highest BCUT2D eigenvalue weighted by atomic mass is 32.2. The van der Waals surface area contributed by atoms with Crippen LogP contribution in [0.25, 0.3) is 0 Å². The lowest BCUT2D eigenvalue weighted by atomic mass is 10.0. The highest BCUT2D eigenvalue weighted by molar-refractivity contribution is 7.88. The van der Waals surface area contributed by atoms with Crippen molar-refractivity contribution in [1.82, 2.24) is 14.8 Å². The molecule has 0 bridgehead atoms. The molecule has 3 atom stereocenters. The van der Waals surface area contributed by atoms with Crippen LogP contribution in [-0.4, -0.2) is 66.2 Å².